The molecule has 0 aliphatic heterocycles. The number of nitrogens with zero attached hydrogens (tertiary/aromatic N) is 3. The molecule has 1 N–H and O–H groups in total. The third kappa shape index (κ3) is 4.51. The highest BCUT2D eigenvalue weighted by Gasteiger charge is 2.09. The Balaban J connectivity index is 1.79. The van der Waals surface area contributed by atoms with Gasteiger partial charge in [-0.25, -0.2) is 9.97 Å². The molecule has 3 rings (SSSR count). The first kappa shape index (κ1) is 17.7. The van der Waals surface area contributed by atoms with Crippen molar-refractivity contribution in [2.24, 2.45) is 0 Å². The van der Waals surface area contributed by atoms with Crippen molar-refractivity contribution in [2.45, 2.75) is 20.4 Å². The summed E-state index contributed by atoms with van der Waals surface area (Å²) in [4.78, 5) is 11.0. The van der Waals surface area contributed by atoms with Crippen molar-refractivity contribution in [3.8, 4) is 5.75 Å². The van der Waals surface area contributed by atoms with Gasteiger partial charge in [-0.05, 0) is 31.5 Å². The van der Waals surface area contributed by atoms with Gasteiger partial charge in [0, 0.05) is 19.2 Å². The standard InChI is InChI=1S/C21H24N4O/c1-3-25(15-17-10-6-5-7-11-17)21-14-20(22-16-23-21)24-18-12-8-9-13-19(18)26-4-2/h5-14,16H,3-4,15H2,1-2H3,(H,22,23,24). The first-order valence-electron chi connectivity index (χ1n) is 8.90. The number of anilines is 3. The lowest BCUT2D eigenvalue weighted by atomic mass is 10.2. The minimum Gasteiger partial charge on any atom is -0.492 e. The maximum Gasteiger partial charge on any atom is 0.142 e. The molecule has 0 saturated carbocycles. The van der Waals surface area contributed by atoms with Gasteiger partial charge in [0.25, 0.3) is 0 Å². The Morgan fingerprint density at radius 1 is 0.962 bits per heavy atom. The molecule has 0 aliphatic rings. The molecule has 0 amide bonds. The maximum absolute atomic E-state index is 5.67. The average Bonchev–Trinajstić information content (AvgIpc) is 2.69. The molecule has 0 bridgehead atoms. The van der Waals surface area contributed by atoms with Crippen LogP contribution in [0, 0.1) is 0 Å². The van der Waals surface area contributed by atoms with Gasteiger partial charge in [0.15, 0.2) is 0 Å². The summed E-state index contributed by atoms with van der Waals surface area (Å²) >= 11 is 0. The summed E-state index contributed by atoms with van der Waals surface area (Å²) in [5.41, 5.74) is 2.15. The monoisotopic (exact) mass is 348 g/mol. The summed E-state index contributed by atoms with van der Waals surface area (Å²) in [6.07, 6.45) is 1.59. The Morgan fingerprint density at radius 3 is 2.50 bits per heavy atom. The lowest BCUT2D eigenvalue weighted by Gasteiger charge is -2.22. The maximum atomic E-state index is 5.67. The second-order valence-corrected chi connectivity index (χ2v) is 5.82. The summed E-state index contributed by atoms with van der Waals surface area (Å²) in [6.45, 7) is 6.39. The van der Waals surface area contributed by atoms with E-state index < -0.39 is 0 Å². The molecule has 5 heteroatoms. The molecule has 0 saturated heterocycles. The molecular weight excluding hydrogens is 324 g/mol. The van der Waals surface area contributed by atoms with E-state index in [9.17, 15) is 0 Å². The van der Waals surface area contributed by atoms with E-state index in [0.29, 0.717) is 6.61 Å². The third-order valence-corrected chi connectivity index (χ3v) is 4.02. The van der Waals surface area contributed by atoms with Crippen LogP contribution in [0.15, 0.2) is 67.0 Å². The Labute approximate surface area is 154 Å². The van der Waals surface area contributed by atoms with Crippen LogP contribution in [0.25, 0.3) is 0 Å². The van der Waals surface area contributed by atoms with Crippen LogP contribution in [0.1, 0.15) is 19.4 Å². The predicted molar refractivity (Wildman–Crippen MR) is 106 cm³/mol. The molecule has 0 radical (unpaired) electrons. The van der Waals surface area contributed by atoms with Crippen molar-refractivity contribution in [1.82, 2.24) is 9.97 Å². The molecule has 0 spiro atoms. The fraction of sp³-hybridized carbons (Fsp3) is 0.238. The lowest BCUT2D eigenvalue weighted by Crippen LogP contribution is -2.23. The van der Waals surface area contributed by atoms with Crippen LogP contribution in [-0.2, 0) is 6.54 Å². The van der Waals surface area contributed by atoms with Crippen molar-refractivity contribution in [3.63, 3.8) is 0 Å². The van der Waals surface area contributed by atoms with Crippen LogP contribution in [0.3, 0.4) is 0 Å². The van der Waals surface area contributed by atoms with Crippen molar-refractivity contribution in [3.05, 3.63) is 72.6 Å². The molecule has 134 valence electrons. The van der Waals surface area contributed by atoms with E-state index in [1.54, 1.807) is 6.33 Å². The summed E-state index contributed by atoms with van der Waals surface area (Å²) in [7, 11) is 0. The number of nitrogens with one attached hydrogen (secondary N) is 1. The number of aromatic nitrogens is 2. The van der Waals surface area contributed by atoms with Gasteiger partial charge in [0.05, 0.1) is 12.3 Å². The second-order valence-electron chi connectivity index (χ2n) is 5.82. The number of para-hydroxylation sites is 2. The number of ether oxygens (including phenoxy) is 1. The average molecular weight is 348 g/mol. The predicted octanol–water partition coefficient (Wildman–Crippen LogP) is 4.65. The number of hydrogen-bond acceptors (Lipinski definition) is 5. The zero-order chi connectivity index (χ0) is 18.2. The normalized spacial score (nSPS) is 10.4. The summed E-state index contributed by atoms with van der Waals surface area (Å²) in [5, 5.41) is 3.34. The van der Waals surface area contributed by atoms with Crippen LogP contribution in [0.2, 0.25) is 0 Å². The summed E-state index contributed by atoms with van der Waals surface area (Å²) in [6, 6.07) is 20.2. The van der Waals surface area contributed by atoms with E-state index in [0.717, 1.165) is 36.2 Å². The van der Waals surface area contributed by atoms with Gasteiger partial charge in [0.2, 0.25) is 0 Å². The summed E-state index contributed by atoms with van der Waals surface area (Å²) in [5.74, 6) is 2.45. The van der Waals surface area contributed by atoms with Crippen LogP contribution in [0.5, 0.6) is 5.75 Å². The largest absolute Gasteiger partial charge is 0.492 e. The van der Waals surface area contributed by atoms with E-state index in [4.69, 9.17) is 4.74 Å². The van der Waals surface area contributed by atoms with Gasteiger partial charge >= 0.3 is 0 Å². The van der Waals surface area contributed by atoms with Crippen LogP contribution >= 0.6 is 0 Å². The fourth-order valence-corrected chi connectivity index (χ4v) is 2.74. The molecule has 1 heterocycles. The third-order valence-electron chi connectivity index (χ3n) is 4.02. The van der Waals surface area contributed by atoms with Gasteiger partial charge in [-0.3, -0.25) is 0 Å². The second kappa shape index (κ2) is 8.85. The molecular formula is C21H24N4O. The highest BCUT2D eigenvalue weighted by Crippen LogP contribution is 2.27. The Kier molecular flexibility index (Phi) is 6.04. The number of hydrogen-bond donors (Lipinski definition) is 1. The van der Waals surface area contributed by atoms with E-state index in [-0.39, 0.29) is 0 Å². The Bertz CT molecular complexity index is 823. The topological polar surface area (TPSA) is 50.3 Å². The first-order chi connectivity index (χ1) is 12.8. The van der Waals surface area contributed by atoms with E-state index in [1.807, 2.05) is 43.3 Å². The van der Waals surface area contributed by atoms with Gasteiger partial charge in [-0.2, -0.15) is 0 Å². The molecule has 0 aliphatic carbocycles. The Morgan fingerprint density at radius 2 is 1.73 bits per heavy atom. The van der Waals surface area contributed by atoms with Crippen LogP contribution < -0.4 is 15.0 Å². The smallest absolute Gasteiger partial charge is 0.142 e. The summed E-state index contributed by atoms with van der Waals surface area (Å²) < 4.78 is 5.67. The quantitative estimate of drug-likeness (QED) is 0.642. The highest BCUT2D eigenvalue weighted by molar-refractivity contribution is 5.65. The minimum atomic E-state index is 0.619. The van der Waals surface area contributed by atoms with Crippen molar-refractivity contribution >= 4 is 17.3 Å². The molecule has 26 heavy (non-hydrogen) atoms. The van der Waals surface area contributed by atoms with Gasteiger partial charge in [-0.1, -0.05) is 42.5 Å². The highest BCUT2D eigenvalue weighted by atomic mass is 16.5. The number of rotatable bonds is 8. The van der Waals surface area contributed by atoms with E-state index in [2.05, 4.69) is 51.4 Å². The van der Waals surface area contributed by atoms with Gasteiger partial charge in [0.1, 0.15) is 23.7 Å². The molecule has 1 aromatic heterocycles. The van der Waals surface area contributed by atoms with Crippen molar-refractivity contribution in [1.29, 1.82) is 0 Å². The SMILES string of the molecule is CCOc1ccccc1Nc1cc(N(CC)Cc2ccccc2)ncn1. The lowest BCUT2D eigenvalue weighted by molar-refractivity contribution is 0.342. The molecule has 2 aromatic carbocycles. The van der Waals surface area contributed by atoms with Crippen molar-refractivity contribution < 1.29 is 4.74 Å². The van der Waals surface area contributed by atoms with Gasteiger partial charge in [-0.15, -0.1) is 0 Å². The zero-order valence-electron chi connectivity index (χ0n) is 15.2. The minimum absolute atomic E-state index is 0.619. The first-order valence-corrected chi connectivity index (χ1v) is 8.90. The van der Waals surface area contributed by atoms with E-state index in [1.165, 1.54) is 5.56 Å². The fourth-order valence-electron chi connectivity index (χ4n) is 2.74. The van der Waals surface area contributed by atoms with Crippen LogP contribution in [0.4, 0.5) is 17.3 Å². The Hall–Kier alpha value is -3.08. The van der Waals surface area contributed by atoms with Gasteiger partial charge < -0.3 is 15.0 Å². The van der Waals surface area contributed by atoms with Crippen molar-refractivity contribution in [2.75, 3.05) is 23.4 Å². The zero-order valence-corrected chi connectivity index (χ0v) is 15.2. The molecule has 0 atom stereocenters. The number of benzene rings is 2. The molecule has 0 unspecified atom stereocenters. The molecule has 0 fully saturated rings. The van der Waals surface area contributed by atoms with E-state index >= 15 is 0 Å². The molecule has 3 aromatic rings. The molecule has 5 nitrogen and oxygen atoms in total. The van der Waals surface area contributed by atoms with Crippen LogP contribution in [-0.4, -0.2) is 23.1 Å².